The van der Waals surface area contributed by atoms with Crippen LogP contribution in [0.4, 0.5) is 0 Å². The highest BCUT2D eigenvalue weighted by atomic mass is 16.8. The number of ether oxygens (including phenoxy) is 5. The van der Waals surface area contributed by atoms with Crippen molar-refractivity contribution in [3.05, 3.63) is 0 Å². The molecule has 10 N–H and O–H groups in total. The zero-order valence-electron chi connectivity index (χ0n) is 17.5. The van der Waals surface area contributed by atoms with Gasteiger partial charge in [-0.1, -0.05) is 0 Å². The van der Waals surface area contributed by atoms with Crippen LogP contribution in [0.2, 0.25) is 0 Å². The van der Waals surface area contributed by atoms with Gasteiger partial charge in [-0.05, 0) is 0 Å². The summed E-state index contributed by atoms with van der Waals surface area (Å²) in [5.41, 5.74) is 0. The molecule has 3 saturated heterocycles. The van der Waals surface area contributed by atoms with Crippen molar-refractivity contribution >= 4 is 0 Å². The molecular weight excluding hydrogens is 456 g/mol. The van der Waals surface area contributed by atoms with Crippen LogP contribution in [0.5, 0.6) is 0 Å². The molecular formula is C18H32O15. The molecule has 3 rings (SSSR count). The molecule has 13 unspecified atom stereocenters. The Labute approximate surface area is 187 Å². The normalized spacial score (nSPS) is 52.9. The fourth-order valence-corrected chi connectivity index (χ4v) is 3.87. The van der Waals surface area contributed by atoms with Crippen LogP contribution in [0.25, 0.3) is 0 Å². The Morgan fingerprint density at radius 3 is 1.67 bits per heavy atom. The van der Waals surface area contributed by atoms with Crippen LogP contribution in [0.15, 0.2) is 0 Å². The molecule has 13 atom stereocenters. The van der Waals surface area contributed by atoms with Crippen molar-refractivity contribution in [2.45, 2.75) is 79.2 Å². The topological polar surface area (TPSA) is 248 Å². The predicted molar refractivity (Wildman–Crippen MR) is 100 cm³/mol. The van der Waals surface area contributed by atoms with Crippen LogP contribution in [0.3, 0.4) is 0 Å². The van der Waals surface area contributed by atoms with Crippen molar-refractivity contribution < 1.29 is 74.7 Å². The average Bonchev–Trinajstić information content (AvgIpc) is 3.03. The number of aliphatic hydroxyl groups excluding tert-OH is 10. The number of hydrogen-bond acceptors (Lipinski definition) is 15. The first-order chi connectivity index (χ1) is 15.5. The lowest BCUT2D eigenvalue weighted by Crippen LogP contribution is -2.63. The third-order valence-electron chi connectivity index (χ3n) is 5.99. The second-order valence-electron chi connectivity index (χ2n) is 8.39. The van der Waals surface area contributed by atoms with E-state index in [1.807, 2.05) is 0 Å². The lowest BCUT2D eigenvalue weighted by molar-refractivity contribution is -0.384. The zero-order chi connectivity index (χ0) is 24.5. The molecule has 194 valence electrons. The molecule has 15 nitrogen and oxygen atoms in total. The quantitative estimate of drug-likeness (QED) is 0.165. The van der Waals surface area contributed by atoms with Gasteiger partial charge in [0.1, 0.15) is 73.8 Å². The fraction of sp³-hybridized carbons (Fsp3) is 1.00. The molecule has 3 aliphatic heterocycles. The van der Waals surface area contributed by atoms with E-state index in [0.717, 1.165) is 0 Å². The summed E-state index contributed by atoms with van der Waals surface area (Å²) < 4.78 is 26.7. The molecule has 3 heterocycles. The largest absolute Gasteiger partial charge is 0.391 e. The van der Waals surface area contributed by atoms with E-state index in [-0.39, 0.29) is 0 Å². The van der Waals surface area contributed by atoms with Gasteiger partial charge < -0.3 is 74.7 Å². The van der Waals surface area contributed by atoms with Gasteiger partial charge in [0.15, 0.2) is 6.29 Å². The van der Waals surface area contributed by atoms with Crippen molar-refractivity contribution in [2.24, 2.45) is 0 Å². The molecule has 0 aromatic heterocycles. The highest BCUT2D eigenvalue weighted by Gasteiger charge is 2.58. The van der Waals surface area contributed by atoms with Crippen LogP contribution in [0.1, 0.15) is 0 Å². The number of rotatable bonds is 1. The molecule has 0 aliphatic carbocycles. The minimum absolute atomic E-state index is 0.465. The lowest BCUT2D eigenvalue weighted by atomic mass is 9.98. The van der Waals surface area contributed by atoms with E-state index in [0.29, 0.717) is 0 Å². The summed E-state index contributed by atoms with van der Waals surface area (Å²) in [6.07, 6.45) is -20.3. The maximum Gasteiger partial charge on any atom is 0.224 e. The highest BCUT2D eigenvalue weighted by Crippen LogP contribution is 2.36. The molecule has 3 fully saturated rings. The number of fused-ring (bicyclic) bond motifs is 4. The average molecular weight is 488 g/mol. The Hall–Kier alpha value is -0.600. The Morgan fingerprint density at radius 1 is 0.576 bits per heavy atom. The number of hydrogen-bond donors (Lipinski definition) is 10. The van der Waals surface area contributed by atoms with Gasteiger partial charge in [0.2, 0.25) is 5.79 Å². The third kappa shape index (κ3) is 5.48. The molecule has 15 heteroatoms. The van der Waals surface area contributed by atoms with E-state index in [1.54, 1.807) is 0 Å². The summed E-state index contributed by atoms with van der Waals surface area (Å²) in [4.78, 5) is 0. The Kier molecular flexibility index (Phi) is 8.99. The minimum atomic E-state index is -2.31. The Morgan fingerprint density at radius 2 is 1.12 bits per heavy atom. The first-order valence-corrected chi connectivity index (χ1v) is 10.4. The zero-order valence-corrected chi connectivity index (χ0v) is 17.5. The molecule has 4 bridgehead atoms. The molecule has 0 aromatic rings. The SMILES string of the molecule is OCC12OC(COCC(O)C(O)C(O)C(O)COCC3OC(O1)C(O)C(O)C3O)C(O)C2O. The van der Waals surface area contributed by atoms with Crippen LogP contribution < -0.4 is 0 Å². The summed E-state index contributed by atoms with van der Waals surface area (Å²) in [5, 5.41) is 101. The van der Waals surface area contributed by atoms with Crippen molar-refractivity contribution in [1.82, 2.24) is 0 Å². The first-order valence-electron chi connectivity index (χ1n) is 10.4. The van der Waals surface area contributed by atoms with Gasteiger partial charge in [0, 0.05) is 0 Å². The molecule has 0 radical (unpaired) electrons. The second-order valence-corrected chi connectivity index (χ2v) is 8.39. The minimum Gasteiger partial charge on any atom is -0.391 e. The summed E-state index contributed by atoms with van der Waals surface area (Å²) in [6.45, 7) is -3.11. The fourth-order valence-electron chi connectivity index (χ4n) is 3.87. The van der Waals surface area contributed by atoms with Crippen LogP contribution >= 0.6 is 0 Å². The van der Waals surface area contributed by atoms with Crippen LogP contribution in [-0.4, -0.2) is 163 Å². The second kappa shape index (κ2) is 11.0. The van der Waals surface area contributed by atoms with Crippen molar-refractivity contribution in [1.29, 1.82) is 0 Å². The van der Waals surface area contributed by atoms with E-state index in [4.69, 9.17) is 23.7 Å². The van der Waals surface area contributed by atoms with Gasteiger partial charge >= 0.3 is 0 Å². The smallest absolute Gasteiger partial charge is 0.224 e. The Balaban J connectivity index is 1.85. The van der Waals surface area contributed by atoms with E-state index in [1.165, 1.54) is 0 Å². The lowest BCUT2D eigenvalue weighted by Gasteiger charge is -2.43. The van der Waals surface area contributed by atoms with E-state index in [9.17, 15) is 51.1 Å². The maximum absolute atomic E-state index is 10.5. The van der Waals surface area contributed by atoms with E-state index >= 15 is 0 Å². The van der Waals surface area contributed by atoms with Gasteiger partial charge in [-0.25, -0.2) is 0 Å². The highest BCUT2D eigenvalue weighted by molar-refractivity contribution is 4.99. The third-order valence-corrected chi connectivity index (χ3v) is 5.99. The standard InChI is InChI=1S/C18H32O15/c19-5-18-16(28)13(25)9(32-18)4-30-2-7(21)11(23)10(22)6(20)1-29-3-8-12(24)14(26)15(27)17(31-8)33-18/h6-17,19-28H,1-5H2. The van der Waals surface area contributed by atoms with Gasteiger partial charge in [0.25, 0.3) is 0 Å². The summed E-state index contributed by atoms with van der Waals surface area (Å²) in [6, 6.07) is 0. The summed E-state index contributed by atoms with van der Waals surface area (Å²) in [7, 11) is 0. The van der Waals surface area contributed by atoms with Crippen molar-refractivity contribution in [3.8, 4) is 0 Å². The van der Waals surface area contributed by atoms with Crippen molar-refractivity contribution in [2.75, 3.05) is 33.0 Å². The van der Waals surface area contributed by atoms with Gasteiger partial charge in [-0.3, -0.25) is 0 Å². The first kappa shape index (κ1) is 27.0. The molecule has 0 spiro atoms. The monoisotopic (exact) mass is 488 g/mol. The van der Waals surface area contributed by atoms with E-state index < -0.39 is 112 Å². The maximum atomic E-state index is 10.5. The summed E-state index contributed by atoms with van der Waals surface area (Å²) in [5.74, 6) is -2.31. The van der Waals surface area contributed by atoms with Gasteiger partial charge in [0.05, 0.1) is 26.4 Å². The predicted octanol–water partition coefficient (Wildman–Crippen LogP) is -6.89. The van der Waals surface area contributed by atoms with E-state index in [2.05, 4.69) is 0 Å². The van der Waals surface area contributed by atoms with Crippen LogP contribution in [-0.2, 0) is 23.7 Å². The molecule has 3 aliphatic rings. The van der Waals surface area contributed by atoms with Crippen LogP contribution in [0, 0.1) is 0 Å². The van der Waals surface area contributed by atoms with Gasteiger partial charge in [-0.2, -0.15) is 0 Å². The van der Waals surface area contributed by atoms with Crippen molar-refractivity contribution in [3.63, 3.8) is 0 Å². The number of aliphatic hydroxyl groups is 10. The molecule has 0 saturated carbocycles. The Bertz CT molecular complexity index is 618. The molecule has 33 heavy (non-hydrogen) atoms. The molecule has 0 aromatic carbocycles. The van der Waals surface area contributed by atoms with Gasteiger partial charge in [-0.15, -0.1) is 0 Å². The molecule has 0 amide bonds. The summed E-state index contributed by atoms with van der Waals surface area (Å²) >= 11 is 0.